The van der Waals surface area contributed by atoms with Crippen molar-refractivity contribution in [3.63, 3.8) is 0 Å². The van der Waals surface area contributed by atoms with Crippen LogP contribution in [0.3, 0.4) is 0 Å². The van der Waals surface area contributed by atoms with Crippen molar-refractivity contribution >= 4 is 11.4 Å². The fourth-order valence-corrected chi connectivity index (χ4v) is 1.93. The van der Waals surface area contributed by atoms with Gasteiger partial charge in [0.15, 0.2) is 0 Å². The molecule has 0 aliphatic heterocycles. The minimum atomic E-state index is 0.850. The molecule has 2 aromatic rings. The second-order valence-electron chi connectivity index (χ2n) is 4.12. The maximum Gasteiger partial charge on any atom is 0.0631 e. The third-order valence-corrected chi connectivity index (χ3v) is 3.05. The highest BCUT2D eigenvalue weighted by Crippen LogP contribution is 2.33. The summed E-state index contributed by atoms with van der Waals surface area (Å²) in [7, 11) is 2.06. The molecule has 0 fully saturated rings. The largest absolute Gasteiger partial charge is 0.397 e. The number of nitrogens with zero attached hydrogens (tertiary/aromatic N) is 1. The lowest BCUT2D eigenvalue weighted by molar-refractivity contribution is 0.970. The minimum Gasteiger partial charge on any atom is -0.397 e. The van der Waals surface area contributed by atoms with Crippen molar-refractivity contribution in [2.75, 3.05) is 24.2 Å². The van der Waals surface area contributed by atoms with E-state index < -0.39 is 0 Å². The molecule has 2 heteroatoms. The van der Waals surface area contributed by atoms with Gasteiger partial charge in [-0.3, -0.25) is 0 Å². The lowest BCUT2D eigenvalue weighted by Crippen LogP contribution is -2.17. The van der Waals surface area contributed by atoms with Crippen LogP contribution in [0, 0.1) is 0 Å². The molecule has 0 amide bonds. The van der Waals surface area contributed by atoms with Gasteiger partial charge >= 0.3 is 0 Å². The predicted molar refractivity (Wildman–Crippen MR) is 75.2 cm³/mol. The topological polar surface area (TPSA) is 29.3 Å². The molecule has 17 heavy (non-hydrogen) atoms. The SMILES string of the molecule is CCN(C)c1cccc(-c2ccccc2)c1N. The van der Waals surface area contributed by atoms with Gasteiger partial charge in [-0.2, -0.15) is 0 Å². The molecule has 0 heterocycles. The van der Waals surface area contributed by atoms with Gasteiger partial charge in [-0.1, -0.05) is 42.5 Å². The molecule has 88 valence electrons. The second kappa shape index (κ2) is 4.91. The highest BCUT2D eigenvalue weighted by molar-refractivity contribution is 5.85. The summed E-state index contributed by atoms with van der Waals surface area (Å²) in [5, 5.41) is 0. The van der Waals surface area contributed by atoms with Gasteiger partial charge in [0.05, 0.1) is 11.4 Å². The van der Waals surface area contributed by atoms with Gasteiger partial charge in [0.2, 0.25) is 0 Å². The summed E-state index contributed by atoms with van der Waals surface area (Å²) in [6.07, 6.45) is 0. The maximum absolute atomic E-state index is 6.25. The van der Waals surface area contributed by atoms with Crippen molar-refractivity contribution < 1.29 is 0 Å². The van der Waals surface area contributed by atoms with E-state index in [1.807, 2.05) is 18.2 Å². The molecule has 0 aromatic heterocycles. The summed E-state index contributed by atoms with van der Waals surface area (Å²) in [5.41, 5.74) is 10.5. The lowest BCUT2D eigenvalue weighted by Gasteiger charge is -2.20. The fourth-order valence-electron chi connectivity index (χ4n) is 1.93. The molecule has 2 nitrogen and oxygen atoms in total. The van der Waals surface area contributed by atoms with E-state index in [-0.39, 0.29) is 0 Å². The highest BCUT2D eigenvalue weighted by Gasteiger charge is 2.08. The number of rotatable bonds is 3. The Balaban J connectivity index is 2.50. The number of nitrogens with two attached hydrogens (primary N) is 1. The third kappa shape index (κ3) is 2.26. The van der Waals surface area contributed by atoms with Crippen LogP contribution < -0.4 is 10.6 Å². The average molecular weight is 226 g/mol. The van der Waals surface area contributed by atoms with Crippen LogP contribution in [0.2, 0.25) is 0 Å². The molecule has 2 rings (SSSR count). The van der Waals surface area contributed by atoms with Crippen LogP contribution in [-0.4, -0.2) is 13.6 Å². The zero-order valence-corrected chi connectivity index (χ0v) is 10.4. The summed E-state index contributed by atoms with van der Waals surface area (Å²) in [6, 6.07) is 16.4. The Bertz CT molecular complexity index is 492. The quantitative estimate of drug-likeness (QED) is 0.813. The summed E-state index contributed by atoms with van der Waals surface area (Å²) in [4.78, 5) is 2.15. The van der Waals surface area contributed by atoms with E-state index in [1.54, 1.807) is 0 Å². The first-order valence-electron chi connectivity index (χ1n) is 5.89. The van der Waals surface area contributed by atoms with Crippen molar-refractivity contribution in [3.05, 3.63) is 48.5 Å². The molecule has 0 saturated heterocycles. The molecular formula is C15H18N2. The first kappa shape index (κ1) is 11.5. The molecule has 0 aliphatic rings. The summed E-state index contributed by atoms with van der Waals surface area (Å²) in [6.45, 7) is 3.07. The van der Waals surface area contributed by atoms with Crippen LogP contribution in [0.4, 0.5) is 11.4 Å². The van der Waals surface area contributed by atoms with E-state index in [2.05, 4.69) is 49.2 Å². The molecule has 0 spiro atoms. The lowest BCUT2D eigenvalue weighted by atomic mass is 10.0. The van der Waals surface area contributed by atoms with Crippen LogP contribution >= 0.6 is 0 Å². The number of benzene rings is 2. The van der Waals surface area contributed by atoms with E-state index in [0.29, 0.717) is 0 Å². The molecule has 2 aromatic carbocycles. The second-order valence-corrected chi connectivity index (χ2v) is 4.12. The van der Waals surface area contributed by atoms with Gasteiger partial charge in [-0.25, -0.2) is 0 Å². The molecule has 0 aliphatic carbocycles. The average Bonchev–Trinajstić information content (AvgIpc) is 2.39. The van der Waals surface area contributed by atoms with Crippen LogP contribution in [0.1, 0.15) is 6.92 Å². The van der Waals surface area contributed by atoms with E-state index in [9.17, 15) is 0 Å². The van der Waals surface area contributed by atoms with E-state index >= 15 is 0 Å². The molecule has 0 saturated carbocycles. The number of anilines is 2. The smallest absolute Gasteiger partial charge is 0.0631 e. The van der Waals surface area contributed by atoms with Crippen molar-refractivity contribution in [1.82, 2.24) is 0 Å². The van der Waals surface area contributed by atoms with Crippen LogP contribution in [0.15, 0.2) is 48.5 Å². The van der Waals surface area contributed by atoms with E-state index in [4.69, 9.17) is 5.73 Å². The van der Waals surface area contributed by atoms with Gasteiger partial charge in [-0.05, 0) is 18.6 Å². The number of nitrogen functional groups attached to an aromatic ring is 1. The van der Waals surface area contributed by atoms with Crippen LogP contribution in [0.5, 0.6) is 0 Å². The first-order chi connectivity index (χ1) is 8.24. The van der Waals surface area contributed by atoms with Crippen molar-refractivity contribution in [3.8, 4) is 11.1 Å². The van der Waals surface area contributed by atoms with Crippen LogP contribution in [0.25, 0.3) is 11.1 Å². The van der Waals surface area contributed by atoms with Crippen molar-refractivity contribution in [2.45, 2.75) is 6.92 Å². The van der Waals surface area contributed by atoms with Crippen LogP contribution in [-0.2, 0) is 0 Å². The third-order valence-electron chi connectivity index (χ3n) is 3.05. The summed E-state index contributed by atoms with van der Waals surface area (Å²) in [5.74, 6) is 0. The standard InChI is InChI=1S/C15H18N2/c1-3-17(2)14-11-7-10-13(15(14)16)12-8-5-4-6-9-12/h4-11H,3,16H2,1-2H3. The van der Waals surface area contributed by atoms with E-state index in [1.165, 1.54) is 0 Å². The molecule has 0 radical (unpaired) electrons. The fraction of sp³-hybridized carbons (Fsp3) is 0.200. The molecule has 0 atom stereocenters. The van der Waals surface area contributed by atoms with Gasteiger partial charge in [-0.15, -0.1) is 0 Å². The van der Waals surface area contributed by atoms with E-state index in [0.717, 1.165) is 29.0 Å². The van der Waals surface area contributed by atoms with Gasteiger partial charge in [0, 0.05) is 19.2 Å². The monoisotopic (exact) mass is 226 g/mol. The zero-order valence-electron chi connectivity index (χ0n) is 10.4. The predicted octanol–water partition coefficient (Wildman–Crippen LogP) is 3.39. The summed E-state index contributed by atoms with van der Waals surface area (Å²) >= 11 is 0. The van der Waals surface area contributed by atoms with Gasteiger partial charge < -0.3 is 10.6 Å². The first-order valence-corrected chi connectivity index (χ1v) is 5.89. The molecule has 2 N–H and O–H groups in total. The summed E-state index contributed by atoms with van der Waals surface area (Å²) < 4.78 is 0. The Morgan fingerprint density at radius 2 is 1.71 bits per heavy atom. The Morgan fingerprint density at radius 1 is 1.00 bits per heavy atom. The number of hydrogen-bond donors (Lipinski definition) is 1. The molecular weight excluding hydrogens is 208 g/mol. The Labute approximate surface area is 103 Å². The van der Waals surface area contributed by atoms with Gasteiger partial charge in [0.25, 0.3) is 0 Å². The maximum atomic E-state index is 6.25. The molecule has 0 bridgehead atoms. The Morgan fingerprint density at radius 3 is 2.35 bits per heavy atom. The zero-order chi connectivity index (χ0) is 12.3. The number of hydrogen-bond acceptors (Lipinski definition) is 2. The minimum absolute atomic E-state index is 0.850. The Hall–Kier alpha value is -1.96. The molecule has 0 unspecified atom stereocenters. The van der Waals surface area contributed by atoms with Crippen molar-refractivity contribution in [1.29, 1.82) is 0 Å². The Kier molecular flexibility index (Phi) is 3.33. The highest BCUT2D eigenvalue weighted by atomic mass is 15.1. The number of para-hydroxylation sites is 1. The van der Waals surface area contributed by atoms with Crippen molar-refractivity contribution in [2.24, 2.45) is 0 Å². The normalized spacial score (nSPS) is 10.2. The van der Waals surface area contributed by atoms with Gasteiger partial charge in [0.1, 0.15) is 0 Å².